The van der Waals surface area contributed by atoms with E-state index in [1.165, 1.54) is 39.9 Å². The molecule has 1 atom stereocenters. The summed E-state index contributed by atoms with van der Waals surface area (Å²) in [6.07, 6.45) is 1.97. The van der Waals surface area contributed by atoms with Crippen LogP contribution in [0.5, 0.6) is 23.0 Å². The van der Waals surface area contributed by atoms with Crippen molar-refractivity contribution in [2.45, 2.75) is 44.2 Å². The quantitative estimate of drug-likeness (QED) is 0.428. The van der Waals surface area contributed by atoms with Gasteiger partial charge in [-0.3, -0.25) is 4.90 Å². The highest BCUT2D eigenvalue weighted by Gasteiger charge is 2.35. The summed E-state index contributed by atoms with van der Waals surface area (Å²) in [5.41, 5.74) is 6.58. The van der Waals surface area contributed by atoms with Gasteiger partial charge < -0.3 is 18.4 Å². The van der Waals surface area contributed by atoms with Crippen LogP contribution in [0.25, 0.3) is 0 Å². The Kier molecular flexibility index (Phi) is 5.79. The largest absolute Gasteiger partial charge is 0.490 e. The maximum Gasteiger partial charge on any atom is 0.180 e. The van der Waals surface area contributed by atoms with Gasteiger partial charge in [0.25, 0.3) is 0 Å². The van der Waals surface area contributed by atoms with Crippen LogP contribution in [0.3, 0.4) is 0 Å². The molecule has 5 nitrogen and oxygen atoms in total. The summed E-state index contributed by atoms with van der Waals surface area (Å²) in [6.45, 7) is 7.85. The van der Waals surface area contributed by atoms with Gasteiger partial charge in [-0.05, 0) is 73.7 Å². The Morgan fingerprint density at radius 3 is 2.59 bits per heavy atom. The molecular weight excluding hydrogens is 446 g/mol. The van der Waals surface area contributed by atoms with Crippen molar-refractivity contribution < 1.29 is 18.4 Å². The lowest BCUT2D eigenvalue weighted by molar-refractivity contribution is 0.151. The number of fused-ring (bicyclic) bond motifs is 5. The monoisotopic (exact) mass is 475 g/mol. The highest BCUT2D eigenvalue weighted by atomic mass is 32.2. The van der Waals surface area contributed by atoms with Gasteiger partial charge in [-0.25, -0.2) is 0 Å². The summed E-state index contributed by atoms with van der Waals surface area (Å²) in [5.74, 6) is 3.44. The average molecular weight is 476 g/mol. The summed E-state index contributed by atoms with van der Waals surface area (Å²) in [6, 6.07) is 17.4. The number of hydrogen-bond acceptors (Lipinski definition) is 6. The summed E-state index contributed by atoms with van der Waals surface area (Å²) in [4.78, 5) is 3.65. The van der Waals surface area contributed by atoms with E-state index in [0.29, 0.717) is 25.9 Å². The van der Waals surface area contributed by atoms with Crippen LogP contribution in [0, 0.1) is 6.92 Å². The summed E-state index contributed by atoms with van der Waals surface area (Å²) < 4.78 is 24.1. The zero-order chi connectivity index (χ0) is 23.1. The van der Waals surface area contributed by atoms with Gasteiger partial charge in [-0.1, -0.05) is 23.8 Å². The third-order valence-corrected chi connectivity index (χ3v) is 7.63. The standard InChI is InChI=1S/C28H29NO4S/c1-3-30-28-23-17-29-11-10-20-15-26-27(32-13-12-31-26)16-22(20)24(29)14-19(23)6-9-25(28)33-34-21-7-4-18(2)5-8-21/h4-9,15-16,24H,3,10-14,17H2,1-2H3. The van der Waals surface area contributed by atoms with Crippen LogP contribution in [0.15, 0.2) is 53.4 Å². The molecular formula is C28H29NO4S. The molecule has 0 fully saturated rings. The molecule has 3 aromatic carbocycles. The normalized spacial score (nSPS) is 18.5. The molecule has 0 spiro atoms. The van der Waals surface area contributed by atoms with Crippen molar-refractivity contribution in [2.24, 2.45) is 0 Å². The first kappa shape index (κ1) is 21.7. The van der Waals surface area contributed by atoms with Crippen LogP contribution < -0.4 is 18.4 Å². The molecule has 0 aromatic heterocycles. The Morgan fingerprint density at radius 1 is 1.00 bits per heavy atom. The average Bonchev–Trinajstić information content (AvgIpc) is 2.87. The van der Waals surface area contributed by atoms with Gasteiger partial charge in [0, 0.05) is 29.6 Å². The number of benzene rings is 3. The molecule has 0 amide bonds. The van der Waals surface area contributed by atoms with Gasteiger partial charge in [0.05, 0.1) is 18.6 Å². The minimum Gasteiger partial charge on any atom is -0.490 e. The first-order chi connectivity index (χ1) is 16.7. The Labute approximate surface area is 205 Å². The third-order valence-electron chi connectivity index (χ3n) is 6.91. The number of ether oxygens (including phenoxy) is 3. The van der Waals surface area contributed by atoms with Crippen molar-refractivity contribution in [3.8, 4) is 23.0 Å². The molecule has 3 heterocycles. The molecule has 3 aliphatic heterocycles. The molecule has 0 N–H and O–H groups in total. The summed E-state index contributed by atoms with van der Waals surface area (Å²) >= 11 is 1.38. The lowest BCUT2D eigenvalue weighted by atomic mass is 9.83. The van der Waals surface area contributed by atoms with Gasteiger partial charge in [-0.15, -0.1) is 0 Å². The van der Waals surface area contributed by atoms with Crippen molar-refractivity contribution in [3.63, 3.8) is 0 Å². The lowest BCUT2D eigenvalue weighted by Crippen LogP contribution is -2.39. The van der Waals surface area contributed by atoms with Crippen LogP contribution in [0.4, 0.5) is 0 Å². The predicted octanol–water partition coefficient (Wildman–Crippen LogP) is 5.91. The van der Waals surface area contributed by atoms with Gasteiger partial charge >= 0.3 is 0 Å². The van der Waals surface area contributed by atoms with E-state index >= 15 is 0 Å². The fourth-order valence-corrected chi connectivity index (χ4v) is 5.76. The Bertz CT molecular complexity index is 1210. The van der Waals surface area contributed by atoms with Crippen molar-refractivity contribution in [1.82, 2.24) is 4.90 Å². The molecule has 3 aromatic rings. The van der Waals surface area contributed by atoms with Gasteiger partial charge in [0.2, 0.25) is 0 Å². The second kappa shape index (κ2) is 9.08. The predicted molar refractivity (Wildman–Crippen MR) is 133 cm³/mol. The molecule has 3 aliphatic rings. The Hall–Kier alpha value is -2.83. The van der Waals surface area contributed by atoms with E-state index in [1.54, 1.807) is 0 Å². The molecule has 6 heteroatoms. The highest BCUT2D eigenvalue weighted by molar-refractivity contribution is 7.95. The van der Waals surface area contributed by atoms with Crippen LogP contribution in [-0.4, -0.2) is 31.3 Å². The molecule has 0 saturated heterocycles. The topological polar surface area (TPSA) is 40.2 Å². The van der Waals surface area contributed by atoms with Crippen LogP contribution in [0.1, 0.15) is 40.8 Å². The zero-order valence-electron chi connectivity index (χ0n) is 19.6. The molecule has 6 rings (SSSR count). The maximum atomic E-state index is 6.18. The number of hydrogen-bond donors (Lipinski definition) is 0. The van der Waals surface area contributed by atoms with Gasteiger partial charge in [0.15, 0.2) is 23.0 Å². The number of rotatable bonds is 5. The molecule has 0 bridgehead atoms. The molecule has 0 saturated carbocycles. The Balaban J connectivity index is 1.29. The van der Waals surface area contributed by atoms with E-state index in [-0.39, 0.29) is 0 Å². The maximum absolute atomic E-state index is 6.18. The Morgan fingerprint density at radius 2 is 1.79 bits per heavy atom. The summed E-state index contributed by atoms with van der Waals surface area (Å²) in [5, 5.41) is 0. The highest BCUT2D eigenvalue weighted by Crippen LogP contribution is 2.47. The van der Waals surface area contributed by atoms with Crippen LogP contribution in [0.2, 0.25) is 0 Å². The second-order valence-electron chi connectivity index (χ2n) is 9.08. The van der Waals surface area contributed by atoms with E-state index in [1.807, 2.05) is 6.92 Å². The first-order valence-electron chi connectivity index (χ1n) is 12.0. The van der Waals surface area contributed by atoms with Gasteiger partial charge in [-0.2, -0.15) is 0 Å². The minimum absolute atomic E-state index is 0.343. The second-order valence-corrected chi connectivity index (χ2v) is 9.88. The fraction of sp³-hybridized carbons (Fsp3) is 0.357. The van der Waals surface area contributed by atoms with Crippen LogP contribution in [-0.2, 0) is 19.4 Å². The molecule has 0 radical (unpaired) electrons. The minimum atomic E-state index is 0.343. The van der Waals surface area contributed by atoms with E-state index in [2.05, 4.69) is 60.4 Å². The van der Waals surface area contributed by atoms with Crippen molar-refractivity contribution in [2.75, 3.05) is 26.4 Å². The third kappa shape index (κ3) is 3.99. The van der Waals surface area contributed by atoms with E-state index < -0.39 is 0 Å². The van der Waals surface area contributed by atoms with Gasteiger partial charge in [0.1, 0.15) is 13.2 Å². The van der Waals surface area contributed by atoms with Crippen molar-refractivity contribution in [3.05, 3.63) is 76.3 Å². The van der Waals surface area contributed by atoms with E-state index in [0.717, 1.165) is 53.8 Å². The van der Waals surface area contributed by atoms with Crippen molar-refractivity contribution in [1.29, 1.82) is 0 Å². The fourth-order valence-electron chi connectivity index (χ4n) is 5.20. The van der Waals surface area contributed by atoms with Crippen molar-refractivity contribution >= 4 is 12.0 Å². The summed E-state index contributed by atoms with van der Waals surface area (Å²) in [7, 11) is 0. The molecule has 34 heavy (non-hydrogen) atoms. The van der Waals surface area contributed by atoms with E-state index in [9.17, 15) is 0 Å². The first-order valence-corrected chi connectivity index (χ1v) is 12.8. The lowest BCUT2D eigenvalue weighted by Gasteiger charge is -2.42. The number of nitrogens with zero attached hydrogens (tertiary/aromatic N) is 1. The molecule has 176 valence electrons. The zero-order valence-corrected chi connectivity index (χ0v) is 20.5. The smallest absolute Gasteiger partial charge is 0.180 e. The van der Waals surface area contributed by atoms with E-state index in [4.69, 9.17) is 18.4 Å². The SMILES string of the molecule is CCOc1c(OSc2ccc(C)cc2)ccc2c1CN1CCc3cc4c(cc3C1C2)OCCO4. The number of aryl methyl sites for hydroxylation is 1. The molecule has 0 aliphatic carbocycles. The van der Waals surface area contributed by atoms with Crippen LogP contribution >= 0.6 is 12.0 Å². The molecule has 1 unspecified atom stereocenters.